The standard InChI is InChI=1S/C6H12S/c1-3-4-5-6-7-2/h4,6H,3,5H2,1-2H3. The molecule has 0 N–H and O–H groups in total. The molecule has 0 amide bonds. The topological polar surface area (TPSA) is 0 Å². The van der Waals surface area contributed by atoms with Crippen LogP contribution in [-0.4, -0.2) is 6.26 Å². The first-order valence-electron chi connectivity index (χ1n) is 2.58. The third kappa shape index (κ3) is 6.35. The molecule has 0 spiro atoms. The zero-order chi connectivity index (χ0) is 5.54. The number of unbranched alkanes of at least 4 members (excludes halogenated alkanes) is 2. The molecule has 0 heterocycles. The van der Waals surface area contributed by atoms with Gasteiger partial charge in [0.2, 0.25) is 0 Å². The zero-order valence-electron chi connectivity index (χ0n) is 4.98. The molecule has 0 aromatic heterocycles. The van der Waals surface area contributed by atoms with E-state index >= 15 is 0 Å². The van der Waals surface area contributed by atoms with Crippen LogP contribution in [-0.2, 0) is 0 Å². The Kier molecular flexibility index (Phi) is 6.67. The highest BCUT2D eigenvalue weighted by molar-refractivity contribution is 8.00. The maximum Gasteiger partial charge on any atom is 0.0166 e. The van der Waals surface area contributed by atoms with Crippen LogP contribution in [0.2, 0.25) is 0 Å². The van der Waals surface area contributed by atoms with Crippen molar-refractivity contribution in [3.05, 3.63) is 12.2 Å². The molecule has 0 aromatic rings. The van der Waals surface area contributed by atoms with E-state index in [4.69, 9.17) is 0 Å². The highest BCUT2D eigenvalue weighted by Crippen LogP contribution is 2.05. The van der Waals surface area contributed by atoms with E-state index in [1.807, 2.05) is 0 Å². The zero-order valence-corrected chi connectivity index (χ0v) is 5.79. The fourth-order valence-corrected chi connectivity index (χ4v) is 0.659. The summed E-state index contributed by atoms with van der Waals surface area (Å²) in [5, 5.41) is 0. The number of hydrogen-bond acceptors (Lipinski definition) is 1. The van der Waals surface area contributed by atoms with Crippen LogP contribution >= 0.6 is 11.8 Å². The van der Waals surface area contributed by atoms with E-state index in [9.17, 15) is 0 Å². The highest BCUT2D eigenvalue weighted by atomic mass is 32.2. The molecule has 0 saturated carbocycles. The van der Waals surface area contributed by atoms with Gasteiger partial charge in [0, 0.05) is 5.75 Å². The second-order valence-electron chi connectivity index (χ2n) is 1.33. The Balaban J connectivity index is 2.45. The molecule has 0 atom stereocenters. The molecule has 0 aliphatic heterocycles. The van der Waals surface area contributed by atoms with Crippen molar-refractivity contribution in [3.63, 3.8) is 0 Å². The Bertz CT molecular complexity index is 23.4. The van der Waals surface area contributed by atoms with Crippen molar-refractivity contribution in [2.24, 2.45) is 0 Å². The minimum Gasteiger partial charge on any atom is -0.161 e. The van der Waals surface area contributed by atoms with Gasteiger partial charge in [0.1, 0.15) is 0 Å². The van der Waals surface area contributed by atoms with Crippen LogP contribution in [0.3, 0.4) is 0 Å². The molecular weight excluding hydrogens is 104 g/mol. The van der Waals surface area contributed by atoms with Gasteiger partial charge in [-0.05, 0) is 19.1 Å². The van der Waals surface area contributed by atoms with Crippen LogP contribution in [0.1, 0.15) is 19.8 Å². The first-order chi connectivity index (χ1) is 3.41. The van der Waals surface area contributed by atoms with Crippen molar-refractivity contribution in [2.75, 3.05) is 6.26 Å². The van der Waals surface area contributed by atoms with E-state index in [0.29, 0.717) is 0 Å². The summed E-state index contributed by atoms with van der Waals surface area (Å²) in [5.41, 5.74) is 0. The summed E-state index contributed by atoms with van der Waals surface area (Å²) >= 11 is 1.79. The largest absolute Gasteiger partial charge is 0.161 e. The van der Waals surface area contributed by atoms with E-state index in [1.165, 1.54) is 6.42 Å². The van der Waals surface area contributed by atoms with Gasteiger partial charge in [-0.15, -0.1) is 0 Å². The van der Waals surface area contributed by atoms with Gasteiger partial charge in [-0.2, -0.15) is 11.8 Å². The Morgan fingerprint density at radius 2 is 2.29 bits per heavy atom. The average Bonchev–Trinajstić information content (AvgIpc) is 1.69. The van der Waals surface area contributed by atoms with Crippen molar-refractivity contribution in [3.8, 4) is 0 Å². The van der Waals surface area contributed by atoms with Crippen molar-refractivity contribution in [1.29, 1.82) is 0 Å². The van der Waals surface area contributed by atoms with Gasteiger partial charge in [0.15, 0.2) is 0 Å². The molecule has 0 fully saturated rings. The summed E-state index contributed by atoms with van der Waals surface area (Å²) in [7, 11) is 0. The Labute approximate surface area is 50.7 Å². The molecule has 42 valence electrons. The molecule has 7 heavy (non-hydrogen) atoms. The van der Waals surface area contributed by atoms with Crippen LogP contribution in [0.25, 0.3) is 0 Å². The van der Waals surface area contributed by atoms with Crippen LogP contribution in [0.15, 0.2) is 0 Å². The first-order valence-corrected chi connectivity index (χ1v) is 3.86. The number of thioether (sulfide) groups is 1. The summed E-state index contributed by atoms with van der Waals surface area (Å²) in [6.07, 6.45) is 6.69. The second-order valence-corrected chi connectivity index (χ2v) is 2.14. The molecule has 0 bridgehead atoms. The molecule has 0 aliphatic rings. The van der Waals surface area contributed by atoms with Crippen molar-refractivity contribution in [1.82, 2.24) is 0 Å². The molecule has 2 radical (unpaired) electrons. The van der Waals surface area contributed by atoms with Crippen LogP contribution < -0.4 is 0 Å². The lowest BCUT2D eigenvalue weighted by atomic mass is 10.3. The van der Waals surface area contributed by atoms with Gasteiger partial charge in [-0.3, -0.25) is 0 Å². The van der Waals surface area contributed by atoms with Gasteiger partial charge < -0.3 is 0 Å². The second kappa shape index (κ2) is 6.35. The maximum atomic E-state index is 2.26. The van der Waals surface area contributed by atoms with E-state index in [1.54, 1.807) is 11.8 Å². The van der Waals surface area contributed by atoms with Gasteiger partial charge in [0.05, 0.1) is 0 Å². The first kappa shape index (κ1) is 7.35. The summed E-state index contributed by atoms with van der Waals surface area (Å²) in [4.78, 5) is 0. The van der Waals surface area contributed by atoms with Crippen molar-refractivity contribution in [2.45, 2.75) is 19.8 Å². The Morgan fingerprint density at radius 1 is 1.57 bits per heavy atom. The molecule has 0 aliphatic carbocycles. The van der Waals surface area contributed by atoms with Crippen LogP contribution in [0.5, 0.6) is 0 Å². The minimum atomic E-state index is 1.15. The van der Waals surface area contributed by atoms with E-state index < -0.39 is 0 Å². The molecule has 0 rings (SSSR count). The highest BCUT2D eigenvalue weighted by Gasteiger charge is 1.81. The lowest BCUT2D eigenvalue weighted by molar-refractivity contribution is 1.02. The van der Waals surface area contributed by atoms with Gasteiger partial charge in [-0.25, -0.2) is 0 Å². The van der Waals surface area contributed by atoms with E-state index in [2.05, 4.69) is 25.4 Å². The lowest BCUT2D eigenvalue weighted by Gasteiger charge is -1.89. The SMILES string of the molecule is CC[CH]C[CH]SC. The van der Waals surface area contributed by atoms with Crippen LogP contribution in [0, 0.1) is 12.2 Å². The fourth-order valence-electron chi connectivity index (χ4n) is 0.331. The van der Waals surface area contributed by atoms with Crippen molar-refractivity contribution >= 4 is 11.8 Å². The van der Waals surface area contributed by atoms with Gasteiger partial charge in [0.25, 0.3) is 0 Å². The molecule has 0 saturated heterocycles. The number of rotatable bonds is 4. The maximum absolute atomic E-state index is 2.26. The Hall–Kier alpha value is 0.350. The summed E-state index contributed by atoms with van der Waals surface area (Å²) < 4.78 is 0. The predicted molar refractivity (Wildman–Crippen MR) is 37.0 cm³/mol. The van der Waals surface area contributed by atoms with Gasteiger partial charge >= 0.3 is 0 Å². The molecule has 0 nitrogen and oxygen atoms in total. The third-order valence-corrected chi connectivity index (χ3v) is 1.24. The van der Waals surface area contributed by atoms with Gasteiger partial charge in [-0.1, -0.05) is 13.3 Å². The quantitative estimate of drug-likeness (QED) is 0.508. The Morgan fingerprint density at radius 3 is 2.71 bits per heavy atom. The smallest absolute Gasteiger partial charge is 0.0166 e. The summed E-state index contributed by atoms with van der Waals surface area (Å²) in [6.45, 7) is 2.16. The summed E-state index contributed by atoms with van der Waals surface area (Å²) in [6, 6.07) is 0. The van der Waals surface area contributed by atoms with Crippen molar-refractivity contribution < 1.29 is 0 Å². The average molecular weight is 116 g/mol. The minimum absolute atomic E-state index is 1.15. The van der Waals surface area contributed by atoms with E-state index in [-0.39, 0.29) is 0 Å². The molecule has 1 heteroatoms. The molecule has 0 unspecified atom stereocenters. The molecular formula is C6H12S. The fraction of sp³-hybridized carbons (Fsp3) is 0.667. The lowest BCUT2D eigenvalue weighted by Crippen LogP contribution is -1.70. The normalized spacial score (nSPS) is 9.43. The van der Waals surface area contributed by atoms with E-state index in [0.717, 1.165) is 6.42 Å². The van der Waals surface area contributed by atoms with Crippen LogP contribution in [0.4, 0.5) is 0 Å². The third-order valence-electron chi connectivity index (χ3n) is 0.718. The monoisotopic (exact) mass is 116 g/mol. The predicted octanol–water partition coefficient (Wildman–Crippen LogP) is 2.52. The molecule has 0 aromatic carbocycles. The summed E-state index contributed by atoms with van der Waals surface area (Å²) in [5.74, 6) is 2.20. The number of hydrogen-bond donors (Lipinski definition) is 0.